The molecule has 1 aliphatic heterocycles. The summed E-state index contributed by atoms with van der Waals surface area (Å²) in [5.74, 6) is 1.79. The molecule has 1 unspecified atom stereocenters. The van der Waals surface area contributed by atoms with E-state index in [1.165, 1.54) is 0 Å². The molecule has 0 aliphatic carbocycles. The number of aliphatic imine (C=N–C) groups is 1. The van der Waals surface area contributed by atoms with Gasteiger partial charge >= 0.3 is 0 Å². The van der Waals surface area contributed by atoms with Crippen LogP contribution in [0.3, 0.4) is 0 Å². The molecule has 7 heteroatoms. The number of rotatable bonds is 3. The molecule has 0 saturated heterocycles. The van der Waals surface area contributed by atoms with Gasteiger partial charge in [-0.05, 0) is 44.2 Å². The first-order valence-corrected chi connectivity index (χ1v) is 9.66. The monoisotopic (exact) mass is 370 g/mol. The van der Waals surface area contributed by atoms with Gasteiger partial charge in [0.1, 0.15) is 29.0 Å². The second kappa shape index (κ2) is 5.88. The van der Waals surface area contributed by atoms with E-state index in [0.717, 1.165) is 22.3 Å². The van der Waals surface area contributed by atoms with Crippen LogP contribution in [0.4, 0.5) is 0 Å². The zero-order valence-corrected chi connectivity index (χ0v) is 15.4. The molecule has 0 fully saturated rings. The molecule has 1 atom stereocenters. The summed E-state index contributed by atoms with van der Waals surface area (Å²) < 4.78 is 38.2. The molecule has 1 aromatic heterocycles. The Kier molecular flexibility index (Phi) is 3.77. The average Bonchev–Trinajstić information content (AvgIpc) is 3.09. The lowest BCUT2D eigenvalue weighted by Crippen LogP contribution is -2.22. The van der Waals surface area contributed by atoms with Crippen molar-refractivity contribution in [3.63, 3.8) is 0 Å². The molecule has 0 radical (unpaired) electrons. The zero-order valence-electron chi connectivity index (χ0n) is 14.6. The normalized spacial score (nSPS) is 17.9. The van der Waals surface area contributed by atoms with Crippen LogP contribution >= 0.6 is 0 Å². The third-order valence-electron chi connectivity index (χ3n) is 4.55. The van der Waals surface area contributed by atoms with Crippen molar-refractivity contribution in [3.8, 4) is 5.75 Å². The molecular formula is C19H18N2O4S. The maximum Gasteiger partial charge on any atom is 0.263 e. The van der Waals surface area contributed by atoms with Crippen molar-refractivity contribution in [2.75, 3.05) is 7.11 Å². The summed E-state index contributed by atoms with van der Waals surface area (Å²) >= 11 is 0. The summed E-state index contributed by atoms with van der Waals surface area (Å²) in [6.07, 6.45) is 0. The topological polar surface area (TPSA) is 80.9 Å². The van der Waals surface area contributed by atoms with Crippen molar-refractivity contribution in [1.82, 2.24) is 4.72 Å². The number of hydrogen-bond donors (Lipinski definition) is 1. The Hall–Kier alpha value is -2.80. The Bertz CT molecular complexity index is 1150. The van der Waals surface area contributed by atoms with E-state index in [4.69, 9.17) is 9.15 Å². The zero-order chi connectivity index (χ0) is 18.5. The van der Waals surface area contributed by atoms with E-state index in [1.807, 2.05) is 32.0 Å². The second-order valence-electron chi connectivity index (χ2n) is 6.21. The van der Waals surface area contributed by atoms with Gasteiger partial charge in [0.15, 0.2) is 0 Å². The highest BCUT2D eigenvalue weighted by Gasteiger charge is 2.31. The van der Waals surface area contributed by atoms with Gasteiger partial charge < -0.3 is 9.15 Å². The average molecular weight is 370 g/mol. The lowest BCUT2D eigenvalue weighted by Gasteiger charge is -2.06. The summed E-state index contributed by atoms with van der Waals surface area (Å²) in [6, 6.07) is 12.1. The molecule has 1 N–H and O–H groups in total. The van der Waals surface area contributed by atoms with Crippen LogP contribution in [0.1, 0.15) is 29.9 Å². The molecule has 134 valence electrons. The molecule has 26 heavy (non-hydrogen) atoms. The van der Waals surface area contributed by atoms with Crippen LogP contribution < -0.4 is 9.46 Å². The third kappa shape index (κ3) is 2.55. The number of benzene rings is 2. The molecule has 0 bridgehead atoms. The number of fused-ring (bicyclic) bond motifs is 2. The molecule has 1 aliphatic rings. The van der Waals surface area contributed by atoms with E-state index >= 15 is 0 Å². The molecule has 3 aromatic rings. The highest BCUT2D eigenvalue weighted by molar-refractivity contribution is 7.90. The van der Waals surface area contributed by atoms with Gasteiger partial charge in [0, 0.05) is 16.5 Å². The maximum absolute atomic E-state index is 12.2. The first-order chi connectivity index (χ1) is 12.4. The standard InChI is InChI=1S/C19H18N2O4S/c1-11-15-10-13(24-3)8-9-16(15)25-18(11)12(2)20-19-14-6-4-5-7-17(14)26(22,23)21-19/h4-10,12H,1-3H3,(H,20,21). The molecule has 0 spiro atoms. The van der Waals surface area contributed by atoms with Crippen molar-refractivity contribution in [2.45, 2.75) is 24.8 Å². The predicted octanol–water partition coefficient (Wildman–Crippen LogP) is 3.55. The molecule has 4 rings (SSSR count). The number of amidine groups is 1. The van der Waals surface area contributed by atoms with Crippen LogP contribution in [0.2, 0.25) is 0 Å². The second-order valence-corrected chi connectivity index (χ2v) is 7.86. The highest BCUT2D eigenvalue weighted by atomic mass is 32.2. The fourth-order valence-electron chi connectivity index (χ4n) is 3.23. The van der Waals surface area contributed by atoms with Gasteiger partial charge in [0.2, 0.25) is 0 Å². The van der Waals surface area contributed by atoms with Gasteiger partial charge in [-0.3, -0.25) is 9.71 Å². The fourth-order valence-corrected chi connectivity index (χ4v) is 4.47. The lowest BCUT2D eigenvalue weighted by atomic mass is 10.1. The number of nitrogens with one attached hydrogen (secondary N) is 1. The van der Waals surface area contributed by atoms with Crippen LogP contribution in [0.5, 0.6) is 5.75 Å². The fraction of sp³-hybridized carbons (Fsp3) is 0.211. The third-order valence-corrected chi connectivity index (χ3v) is 5.94. The summed E-state index contributed by atoms with van der Waals surface area (Å²) in [5, 5.41) is 0.957. The minimum absolute atomic E-state index is 0.247. The maximum atomic E-state index is 12.2. The Morgan fingerprint density at radius 1 is 1.19 bits per heavy atom. The molecule has 2 aromatic carbocycles. The van der Waals surface area contributed by atoms with E-state index in [2.05, 4.69) is 9.71 Å². The SMILES string of the molecule is COc1ccc2oc(C(C)N=C3NS(=O)(=O)c4ccccc43)c(C)c2c1. The van der Waals surface area contributed by atoms with Crippen molar-refractivity contribution in [3.05, 3.63) is 59.4 Å². The quantitative estimate of drug-likeness (QED) is 0.764. The number of nitrogens with zero attached hydrogens (tertiary/aromatic N) is 1. The summed E-state index contributed by atoms with van der Waals surface area (Å²) in [4.78, 5) is 4.83. The van der Waals surface area contributed by atoms with Crippen LogP contribution in [0.25, 0.3) is 11.0 Å². The first-order valence-electron chi connectivity index (χ1n) is 8.18. The number of hydrogen-bond acceptors (Lipinski definition) is 5. The van der Waals surface area contributed by atoms with Gasteiger partial charge in [-0.2, -0.15) is 0 Å². The van der Waals surface area contributed by atoms with Gasteiger partial charge in [-0.25, -0.2) is 8.42 Å². The minimum Gasteiger partial charge on any atom is -0.497 e. The molecule has 2 heterocycles. The van der Waals surface area contributed by atoms with Crippen LogP contribution in [0, 0.1) is 6.92 Å². The van der Waals surface area contributed by atoms with Crippen LogP contribution in [0.15, 0.2) is 56.8 Å². The Balaban J connectivity index is 1.78. The highest BCUT2D eigenvalue weighted by Crippen LogP contribution is 2.34. The number of methoxy groups -OCH3 is 1. The number of furan rings is 1. The Morgan fingerprint density at radius 3 is 2.73 bits per heavy atom. The van der Waals surface area contributed by atoms with Crippen molar-refractivity contribution < 1.29 is 17.6 Å². The van der Waals surface area contributed by atoms with Crippen LogP contribution in [-0.2, 0) is 10.0 Å². The Morgan fingerprint density at radius 2 is 1.96 bits per heavy atom. The van der Waals surface area contributed by atoms with E-state index in [-0.39, 0.29) is 10.9 Å². The lowest BCUT2D eigenvalue weighted by molar-refractivity contribution is 0.415. The van der Waals surface area contributed by atoms with Crippen molar-refractivity contribution in [1.29, 1.82) is 0 Å². The molecular weight excluding hydrogens is 352 g/mol. The van der Waals surface area contributed by atoms with E-state index in [9.17, 15) is 8.42 Å². The molecule has 0 saturated carbocycles. The summed E-state index contributed by atoms with van der Waals surface area (Å²) in [7, 11) is -1.93. The van der Waals surface area contributed by atoms with E-state index < -0.39 is 10.0 Å². The van der Waals surface area contributed by atoms with Crippen molar-refractivity contribution in [2.24, 2.45) is 4.99 Å². The van der Waals surface area contributed by atoms with Gasteiger partial charge in [0.25, 0.3) is 10.0 Å². The number of sulfonamides is 1. The number of ether oxygens (including phenoxy) is 1. The first kappa shape index (κ1) is 16.7. The minimum atomic E-state index is -3.55. The van der Waals surface area contributed by atoms with E-state index in [1.54, 1.807) is 31.4 Å². The van der Waals surface area contributed by atoms with Gasteiger partial charge in [-0.1, -0.05) is 12.1 Å². The summed E-state index contributed by atoms with van der Waals surface area (Å²) in [6.45, 7) is 3.84. The molecule has 6 nitrogen and oxygen atoms in total. The predicted molar refractivity (Wildman–Crippen MR) is 99.2 cm³/mol. The van der Waals surface area contributed by atoms with Gasteiger partial charge in [0.05, 0.1) is 12.0 Å². The van der Waals surface area contributed by atoms with E-state index in [0.29, 0.717) is 17.2 Å². The molecule has 0 amide bonds. The largest absolute Gasteiger partial charge is 0.497 e. The Labute approximate surface area is 151 Å². The summed E-state index contributed by atoms with van der Waals surface area (Å²) in [5.41, 5.74) is 2.29. The van der Waals surface area contributed by atoms with Gasteiger partial charge in [-0.15, -0.1) is 0 Å². The smallest absolute Gasteiger partial charge is 0.263 e. The van der Waals surface area contributed by atoms with Crippen molar-refractivity contribution >= 4 is 26.8 Å². The number of aryl methyl sites for hydroxylation is 1. The van der Waals surface area contributed by atoms with Crippen LogP contribution in [-0.4, -0.2) is 21.4 Å².